The van der Waals surface area contributed by atoms with Crippen LogP contribution in [0, 0.1) is 0 Å². The molecule has 1 amide bonds. The van der Waals surface area contributed by atoms with Gasteiger partial charge in [-0.1, -0.05) is 18.2 Å². The van der Waals surface area contributed by atoms with Crippen LogP contribution in [0.15, 0.2) is 24.3 Å². The fraction of sp³-hybridized carbons (Fsp3) is 0.650. The molecule has 1 aromatic carbocycles. The number of carbonyl (C=O) groups excluding carboxylic acids is 1. The number of benzene rings is 1. The molecule has 136 valence electrons. The molecule has 25 heavy (non-hydrogen) atoms. The van der Waals surface area contributed by atoms with Crippen LogP contribution >= 0.6 is 0 Å². The first-order valence-electron chi connectivity index (χ1n) is 9.44. The number of hydrogen-bond acceptors (Lipinski definition) is 4. The van der Waals surface area contributed by atoms with Gasteiger partial charge in [0.15, 0.2) is 0 Å². The largest absolute Gasteiger partial charge is 0.487 e. The van der Waals surface area contributed by atoms with Gasteiger partial charge in [-0.05, 0) is 38.2 Å². The SMILES string of the molecule is CN(C)C(=O)C1CCC(CNC2CC3(CCC3)Oc3ccccc32)O1. The molecule has 5 nitrogen and oxygen atoms in total. The van der Waals surface area contributed by atoms with Gasteiger partial charge >= 0.3 is 0 Å². The molecule has 1 N–H and O–H groups in total. The average Bonchev–Trinajstić information content (AvgIpc) is 3.06. The van der Waals surface area contributed by atoms with Crippen LogP contribution in [0.25, 0.3) is 0 Å². The van der Waals surface area contributed by atoms with Gasteiger partial charge in [0, 0.05) is 38.7 Å². The quantitative estimate of drug-likeness (QED) is 0.912. The van der Waals surface area contributed by atoms with E-state index >= 15 is 0 Å². The molecule has 1 aromatic rings. The Kier molecular flexibility index (Phi) is 4.46. The summed E-state index contributed by atoms with van der Waals surface area (Å²) < 4.78 is 12.3. The van der Waals surface area contributed by atoms with E-state index in [1.165, 1.54) is 12.0 Å². The molecule has 2 fully saturated rings. The summed E-state index contributed by atoms with van der Waals surface area (Å²) in [5, 5.41) is 3.70. The van der Waals surface area contributed by atoms with Crippen LogP contribution < -0.4 is 10.1 Å². The normalized spacial score (nSPS) is 29.6. The van der Waals surface area contributed by atoms with Crippen LogP contribution in [0.2, 0.25) is 0 Å². The first-order valence-corrected chi connectivity index (χ1v) is 9.44. The molecule has 0 aromatic heterocycles. The Morgan fingerprint density at radius 2 is 2.08 bits per heavy atom. The van der Waals surface area contributed by atoms with E-state index in [0.717, 1.165) is 44.4 Å². The fourth-order valence-electron chi connectivity index (χ4n) is 4.28. The molecule has 1 aliphatic carbocycles. The highest BCUT2D eigenvalue weighted by Crippen LogP contribution is 2.48. The Bertz CT molecular complexity index is 642. The summed E-state index contributed by atoms with van der Waals surface area (Å²) in [4.78, 5) is 13.7. The third-order valence-electron chi connectivity index (χ3n) is 5.88. The number of para-hydroxylation sites is 1. The molecule has 2 heterocycles. The van der Waals surface area contributed by atoms with Gasteiger partial charge in [0.2, 0.25) is 0 Å². The van der Waals surface area contributed by atoms with Crippen LogP contribution in [0.4, 0.5) is 0 Å². The lowest BCUT2D eigenvalue weighted by Crippen LogP contribution is -2.49. The number of carbonyl (C=O) groups is 1. The van der Waals surface area contributed by atoms with E-state index in [-0.39, 0.29) is 23.7 Å². The van der Waals surface area contributed by atoms with E-state index < -0.39 is 0 Å². The Morgan fingerprint density at radius 3 is 2.80 bits per heavy atom. The van der Waals surface area contributed by atoms with Crippen molar-refractivity contribution in [3.05, 3.63) is 29.8 Å². The lowest BCUT2D eigenvalue weighted by Gasteiger charge is -2.48. The first kappa shape index (κ1) is 16.9. The summed E-state index contributed by atoms with van der Waals surface area (Å²) in [6.45, 7) is 0.784. The molecule has 3 unspecified atom stereocenters. The molecule has 0 bridgehead atoms. The minimum atomic E-state index is -0.276. The van der Waals surface area contributed by atoms with Crippen molar-refractivity contribution in [1.29, 1.82) is 0 Å². The van der Waals surface area contributed by atoms with E-state index in [4.69, 9.17) is 9.47 Å². The third-order valence-corrected chi connectivity index (χ3v) is 5.88. The number of likely N-dealkylation sites (N-methyl/N-ethyl adjacent to an activating group) is 1. The maximum Gasteiger partial charge on any atom is 0.251 e. The van der Waals surface area contributed by atoms with Gasteiger partial charge < -0.3 is 19.7 Å². The monoisotopic (exact) mass is 344 g/mol. The third kappa shape index (κ3) is 3.27. The van der Waals surface area contributed by atoms with E-state index in [9.17, 15) is 4.79 Å². The summed E-state index contributed by atoms with van der Waals surface area (Å²) >= 11 is 0. The van der Waals surface area contributed by atoms with E-state index in [0.29, 0.717) is 6.04 Å². The molecule has 3 aliphatic rings. The molecule has 1 spiro atoms. The Balaban J connectivity index is 1.39. The molecular weight excluding hydrogens is 316 g/mol. The molecule has 3 atom stereocenters. The maximum atomic E-state index is 12.1. The molecule has 4 rings (SSSR count). The standard InChI is InChI=1S/C20H28N2O3/c1-22(2)19(23)18-9-8-14(24-18)13-21-16-12-20(10-5-11-20)25-17-7-4-3-6-15(16)17/h3-4,6-7,14,16,18,21H,5,8-13H2,1-2H3. The Hall–Kier alpha value is -1.59. The Morgan fingerprint density at radius 1 is 1.28 bits per heavy atom. The number of fused-ring (bicyclic) bond motifs is 1. The van der Waals surface area contributed by atoms with E-state index in [1.807, 2.05) is 6.07 Å². The number of rotatable bonds is 4. The highest BCUT2D eigenvalue weighted by Gasteiger charge is 2.45. The number of nitrogens with one attached hydrogen (secondary N) is 1. The Labute approximate surface area is 149 Å². The predicted molar refractivity (Wildman–Crippen MR) is 95.6 cm³/mol. The van der Waals surface area contributed by atoms with Crippen LogP contribution in [-0.4, -0.2) is 49.3 Å². The molecular formula is C20H28N2O3. The lowest BCUT2D eigenvalue weighted by atomic mass is 9.73. The van der Waals surface area contributed by atoms with Gasteiger partial charge in [0.1, 0.15) is 17.5 Å². The van der Waals surface area contributed by atoms with Crippen molar-refractivity contribution in [3.63, 3.8) is 0 Å². The molecule has 1 saturated heterocycles. The average molecular weight is 344 g/mol. The summed E-state index contributed by atoms with van der Waals surface area (Å²) in [6, 6.07) is 8.67. The summed E-state index contributed by atoms with van der Waals surface area (Å²) in [5.41, 5.74) is 1.28. The highest BCUT2D eigenvalue weighted by atomic mass is 16.5. The summed E-state index contributed by atoms with van der Waals surface area (Å²) in [5.74, 6) is 1.10. The van der Waals surface area contributed by atoms with Crippen molar-refractivity contribution in [3.8, 4) is 5.75 Å². The van der Waals surface area contributed by atoms with Crippen molar-refractivity contribution in [1.82, 2.24) is 10.2 Å². The van der Waals surface area contributed by atoms with E-state index in [2.05, 4.69) is 23.5 Å². The molecule has 5 heteroatoms. The van der Waals surface area contributed by atoms with E-state index in [1.54, 1.807) is 19.0 Å². The maximum absolute atomic E-state index is 12.1. The van der Waals surface area contributed by atoms with Crippen molar-refractivity contribution in [2.24, 2.45) is 0 Å². The molecule has 0 radical (unpaired) electrons. The minimum Gasteiger partial charge on any atom is -0.487 e. The van der Waals surface area contributed by atoms with Crippen LogP contribution in [0.1, 0.15) is 50.1 Å². The van der Waals surface area contributed by atoms with Gasteiger partial charge in [0.05, 0.1) is 6.10 Å². The number of amides is 1. The van der Waals surface area contributed by atoms with Gasteiger partial charge in [0.25, 0.3) is 5.91 Å². The van der Waals surface area contributed by atoms with Crippen molar-refractivity contribution >= 4 is 5.91 Å². The predicted octanol–water partition coefficient (Wildman–Crippen LogP) is 2.66. The summed E-state index contributed by atoms with van der Waals surface area (Å²) in [7, 11) is 3.57. The van der Waals surface area contributed by atoms with Crippen molar-refractivity contribution in [2.45, 2.75) is 62.4 Å². The minimum absolute atomic E-state index is 0.0337. The van der Waals surface area contributed by atoms with Gasteiger partial charge in [-0.2, -0.15) is 0 Å². The van der Waals surface area contributed by atoms with Gasteiger partial charge in [-0.15, -0.1) is 0 Å². The zero-order valence-electron chi connectivity index (χ0n) is 15.2. The second kappa shape index (κ2) is 6.61. The number of hydrogen-bond donors (Lipinski definition) is 1. The molecule has 1 saturated carbocycles. The zero-order valence-corrected chi connectivity index (χ0v) is 15.2. The lowest BCUT2D eigenvalue weighted by molar-refractivity contribution is -0.140. The summed E-state index contributed by atoms with van der Waals surface area (Å²) in [6.07, 6.45) is 6.18. The van der Waals surface area contributed by atoms with Crippen LogP contribution in [-0.2, 0) is 9.53 Å². The molecule has 2 aliphatic heterocycles. The van der Waals surface area contributed by atoms with Crippen molar-refractivity contribution < 1.29 is 14.3 Å². The second-order valence-corrected chi connectivity index (χ2v) is 7.90. The smallest absolute Gasteiger partial charge is 0.251 e. The fourth-order valence-corrected chi connectivity index (χ4v) is 4.28. The topological polar surface area (TPSA) is 50.8 Å². The van der Waals surface area contributed by atoms with Crippen LogP contribution in [0.3, 0.4) is 0 Å². The second-order valence-electron chi connectivity index (χ2n) is 7.90. The highest BCUT2D eigenvalue weighted by molar-refractivity contribution is 5.80. The van der Waals surface area contributed by atoms with Crippen LogP contribution in [0.5, 0.6) is 5.75 Å². The number of ether oxygens (including phenoxy) is 2. The number of nitrogens with zero attached hydrogens (tertiary/aromatic N) is 1. The first-order chi connectivity index (χ1) is 12.1. The van der Waals surface area contributed by atoms with Gasteiger partial charge in [-0.25, -0.2) is 0 Å². The zero-order chi connectivity index (χ0) is 17.4. The van der Waals surface area contributed by atoms with Gasteiger partial charge in [-0.3, -0.25) is 4.79 Å². The van der Waals surface area contributed by atoms with Crippen molar-refractivity contribution in [2.75, 3.05) is 20.6 Å².